The smallest absolute Gasteiger partial charge is 0.257 e. The minimum Gasteiger partial charge on any atom is -0.375 e. The van der Waals surface area contributed by atoms with E-state index in [2.05, 4.69) is 10.5 Å². The molecule has 0 spiro atoms. The second-order valence-corrected chi connectivity index (χ2v) is 6.19. The molecule has 134 valence electrons. The van der Waals surface area contributed by atoms with Gasteiger partial charge in [-0.15, -0.1) is 0 Å². The summed E-state index contributed by atoms with van der Waals surface area (Å²) in [6.45, 7) is 2.03. The van der Waals surface area contributed by atoms with E-state index in [4.69, 9.17) is 20.9 Å². The zero-order valence-corrected chi connectivity index (χ0v) is 15.3. The number of halogens is 1. The molecule has 0 saturated carbocycles. The Balaban J connectivity index is 1.81. The maximum Gasteiger partial charge on any atom is 0.257 e. The van der Waals surface area contributed by atoms with Gasteiger partial charge in [0.1, 0.15) is 17.0 Å². The van der Waals surface area contributed by atoms with E-state index in [9.17, 15) is 4.79 Å². The molecule has 6 heteroatoms. The number of amides is 1. The summed E-state index contributed by atoms with van der Waals surface area (Å²) < 4.78 is 10.7. The Hall–Kier alpha value is -2.63. The predicted octanol–water partition coefficient (Wildman–Crippen LogP) is 4.42. The van der Waals surface area contributed by atoms with Crippen molar-refractivity contribution in [1.82, 2.24) is 10.5 Å². The lowest BCUT2D eigenvalue weighted by Gasteiger charge is -2.16. The predicted molar refractivity (Wildman–Crippen MR) is 100 cm³/mol. The van der Waals surface area contributed by atoms with Crippen LogP contribution in [0, 0.1) is 6.92 Å². The Morgan fingerprint density at radius 1 is 1.19 bits per heavy atom. The average Bonchev–Trinajstić information content (AvgIpc) is 3.04. The molecular formula is C20H19ClN2O3. The summed E-state index contributed by atoms with van der Waals surface area (Å²) >= 11 is 6.24. The number of methoxy groups -OCH3 is 1. The number of benzene rings is 2. The number of ether oxygens (including phenoxy) is 1. The van der Waals surface area contributed by atoms with Crippen LogP contribution in [0.15, 0.2) is 59.1 Å². The third-order valence-corrected chi connectivity index (χ3v) is 4.45. The molecular weight excluding hydrogens is 352 g/mol. The van der Waals surface area contributed by atoms with E-state index in [1.165, 1.54) is 0 Å². The second-order valence-electron chi connectivity index (χ2n) is 5.79. The Kier molecular flexibility index (Phi) is 5.71. The monoisotopic (exact) mass is 370 g/mol. The molecule has 5 nitrogen and oxygen atoms in total. The fraction of sp³-hybridized carbons (Fsp3) is 0.200. The van der Waals surface area contributed by atoms with Gasteiger partial charge < -0.3 is 14.6 Å². The van der Waals surface area contributed by atoms with Crippen LogP contribution in [0.2, 0.25) is 5.02 Å². The first-order valence-corrected chi connectivity index (χ1v) is 8.56. The summed E-state index contributed by atoms with van der Waals surface area (Å²) in [6, 6.07) is 16.9. The Labute approximate surface area is 156 Å². The fourth-order valence-electron chi connectivity index (χ4n) is 2.76. The van der Waals surface area contributed by atoms with Crippen LogP contribution < -0.4 is 5.32 Å². The lowest BCUT2D eigenvalue weighted by atomic mass is 10.1. The molecule has 26 heavy (non-hydrogen) atoms. The number of carbonyl (C=O) groups is 1. The molecule has 3 aromatic rings. The number of hydrogen-bond donors (Lipinski definition) is 1. The average molecular weight is 371 g/mol. The highest BCUT2D eigenvalue weighted by Gasteiger charge is 2.23. The summed E-state index contributed by atoms with van der Waals surface area (Å²) in [7, 11) is 1.61. The van der Waals surface area contributed by atoms with E-state index in [1.807, 2.05) is 42.5 Å². The number of nitrogens with zero attached hydrogens (tertiary/aromatic N) is 1. The Bertz CT molecular complexity index is 893. The number of hydrogen-bond acceptors (Lipinski definition) is 4. The van der Waals surface area contributed by atoms with Crippen molar-refractivity contribution in [2.24, 2.45) is 0 Å². The van der Waals surface area contributed by atoms with Crippen molar-refractivity contribution in [2.75, 3.05) is 13.7 Å². The normalized spacial score (nSPS) is 12.0. The van der Waals surface area contributed by atoms with Gasteiger partial charge in [-0.1, -0.05) is 65.3 Å². The molecule has 1 N–H and O–H groups in total. The molecule has 0 aliphatic carbocycles. The third-order valence-electron chi connectivity index (χ3n) is 4.12. The quantitative estimate of drug-likeness (QED) is 0.697. The number of aromatic nitrogens is 1. The summed E-state index contributed by atoms with van der Waals surface area (Å²) in [5.74, 6) is 0.155. The standard InChI is InChI=1S/C20H19ClN2O3/c1-13-18(19(23-26-13)15-10-6-7-11-16(15)21)20(24)22-12-17(25-2)14-8-4-3-5-9-14/h3-11,17H,12H2,1-2H3,(H,22,24). The lowest BCUT2D eigenvalue weighted by molar-refractivity contribution is 0.0827. The molecule has 1 unspecified atom stereocenters. The fourth-order valence-corrected chi connectivity index (χ4v) is 2.98. The molecule has 0 bridgehead atoms. The summed E-state index contributed by atoms with van der Waals surface area (Å²) in [4.78, 5) is 12.8. The van der Waals surface area contributed by atoms with Crippen molar-refractivity contribution in [3.8, 4) is 11.3 Å². The van der Waals surface area contributed by atoms with Crippen molar-refractivity contribution in [3.05, 3.63) is 76.5 Å². The Morgan fingerprint density at radius 3 is 2.58 bits per heavy atom. The van der Waals surface area contributed by atoms with Gasteiger partial charge in [-0.2, -0.15) is 0 Å². The maximum atomic E-state index is 12.8. The van der Waals surface area contributed by atoms with Gasteiger partial charge in [0.15, 0.2) is 0 Å². The van der Waals surface area contributed by atoms with Gasteiger partial charge in [0.05, 0.1) is 11.1 Å². The summed E-state index contributed by atoms with van der Waals surface area (Å²) in [5.41, 5.74) is 2.45. The highest BCUT2D eigenvalue weighted by atomic mass is 35.5. The van der Waals surface area contributed by atoms with Gasteiger partial charge in [-0.25, -0.2) is 0 Å². The SMILES string of the molecule is COC(CNC(=O)c1c(-c2ccccc2Cl)noc1C)c1ccccc1. The first-order chi connectivity index (χ1) is 12.6. The molecule has 1 amide bonds. The van der Waals surface area contributed by atoms with Crippen LogP contribution in [0.1, 0.15) is 27.8 Å². The molecule has 0 saturated heterocycles. The van der Waals surface area contributed by atoms with Crippen molar-refractivity contribution < 1.29 is 14.1 Å². The third kappa shape index (κ3) is 3.79. The molecule has 1 aromatic heterocycles. The van der Waals surface area contributed by atoms with Crippen LogP contribution in [0.3, 0.4) is 0 Å². The van der Waals surface area contributed by atoms with Crippen LogP contribution in [-0.4, -0.2) is 24.7 Å². The number of carbonyl (C=O) groups excluding carboxylic acids is 1. The molecule has 3 rings (SSSR count). The minimum atomic E-state index is -0.281. The van der Waals surface area contributed by atoms with Gasteiger partial charge in [0, 0.05) is 19.2 Å². The molecule has 0 aliphatic rings. The first kappa shape index (κ1) is 18.2. The molecule has 0 radical (unpaired) electrons. The van der Waals surface area contributed by atoms with Crippen molar-refractivity contribution in [3.63, 3.8) is 0 Å². The molecule has 1 heterocycles. The summed E-state index contributed by atoms with van der Waals surface area (Å²) in [6.07, 6.45) is -0.246. The highest BCUT2D eigenvalue weighted by Crippen LogP contribution is 2.31. The van der Waals surface area contributed by atoms with Crippen LogP contribution in [0.5, 0.6) is 0 Å². The zero-order chi connectivity index (χ0) is 18.5. The lowest BCUT2D eigenvalue weighted by Crippen LogP contribution is -2.29. The summed E-state index contributed by atoms with van der Waals surface area (Å²) in [5, 5.41) is 7.43. The van der Waals surface area contributed by atoms with E-state index < -0.39 is 0 Å². The zero-order valence-electron chi connectivity index (χ0n) is 14.5. The number of rotatable bonds is 6. The van der Waals surface area contributed by atoms with Gasteiger partial charge in [0.25, 0.3) is 5.91 Å². The van der Waals surface area contributed by atoms with E-state index in [-0.39, 0.29) is 12.0 Å². The van der Waals surface area contributed by atoms with Gasteiger partial charge in [-0.3, -0.25) is 4.79 Å². The Morgan fingerprint density at radius 2 is 1.88 bits per heavy atom. The van der Waals surface area contributed by atoms with Gasteiger partial charge in [0.2, 0.25) is 0 Å². The molecule has 0 aliphatic heterocycles. The van der Waals surface area contributed by atoms with E-state index in [0.717, 1.165) is 5.56 Å². The van der Waals surface area contributed by atoms with Crippen molar-refractivity contribution >= 4 is 17.5 Å². The van der Waals surface area contributed by atoms with Gasteiger partial charge in [-0.05, 0) is 18.6 Å². The van der Waals surface area contributed by atoms with Gasteiger partial charge >= 0.3 is 0 Å². The highest BCUT2D eigenvalue weighted by molar-refractivity contribution is 6.33. The van der Waals surface area contributed by atoms with Crippen LogP contribution in [0.4, 0.5) is 0 Å². The molecule has 0 fully saturated rings. The molecule has 2 aromatic carbocycles. The van der Waals surface area contributed by atoms with Crippen molar-refractivity contribution in [2.45, 2.75) is 13.0 Å². The van der Waals surface area contributed by atoms with E-state index in [0.29, 0.717) is 34.1 Å². The van der Waals surface area contributed by atoms with Crippen LogP contribution in [-0.2, 0) is 4.74 Å². The van der Waals surface area contributed by atoms with Crippen molar-refractivity contribution in [1.29, 1.82) is 0 Å². The number of aryl methyl sites for hydroxylation is 1. The molecule has 1 atom stereocenters. The maximum absolute atomic E-state index is 12.8. The largest absolute Gasteiger partial charge is 0.375 e. The number of nitrogens with one attached hydrogen (secondary N) is 1. The van der Waals surface area contributed by atoms with Crippen LogP contribution >= 0.6 is 11.6 Å². The minimum absolute atomic E-state index is 0.246. The second kappa shape index (κ2) is 8.17. The van der Waals surface area contributed by atoms with Crippen LogP contribution in [0.25, 0.3) is 11.3 Å². The van der Waals surface area contributed by atoms with E-state index >= 15 is 0 Å². The van der Waals surface area contributed by atoms with E-state index in [1.54, 1.807) is 26.2 Å². The topological polar surface area (TPSA) is 64.4 Å². The first-order valence-electron chi connectivity index (χ1n) is 8.19.